The molecule has 0 amide bonds. The summed E-state index contributed by atoms with van der Waals surface area (Å²) >= 11 is 0. The van der Waals surface area contributed by atoms with Crippen molar-refractivity contribution in [3.63, 3.8) is 0 Å². The average molecular weight is 362 g/mol. The largest absolute Gasteiger partial charge is 0.480 e. The summed E-state index contributed by atoms with van der Waals surface area (Å²) in [4.78, 5) is 13.2. The third-order valence-electron chi connectivity index (χ3n) is 7.46. The maximum Gasteiger partial charge on any atom is 0.317 e. The van der Waals surface area contributed by atoms with E-state index in [0.717, 1.165) is 25.2 Å². The van der Waals surface area contributed by atoms with E-state index in [1.807, 2.05) is 11.9 Å². The van der Waals surface area contributed by atoms with Gasteiger partial charge in [-0.05, 0) is 69.2 Å². The number of nitriles is 1. The number of nitrogens with one attached hydrogen (secondary N) is 1. The fourth-order valence-corrected chi connectivity index (χ4v) is 6.00. The fraction of sp³-hybridized carbons (Fsp3) is 0.905. The van der Waals surface area contributed by atoms with Gasteiger partial charge in [-0.15, -0.1) is 0 Å². The minimum Gasteiger partial charge on any atom is -0.480 e. The highest BCUT2D eigenvalue weighted by Gasteiger charge is 2.45. The monoisotopic (exact) mass is 361 g/mol. The van der Waals surface area contributed by atoms with E-state index >= 15 is 0 Å². The van der Waals surface area contributed by atoms with Gasteiger partial charge in [-0.1, -0.05) is 26.2 Å². The van der Waals surface area contributed by atoms with Crippen LogP contribution in [0.5, 0.6) is 0 Å². The highest BCUT2D eigenvalue weighted by atomic mass is 16.4. The zero-order chi connectivity index (χ0) is 18.7. The molecule has 0 aromatic heterocycles. The van der Waals surface area contributed by atoms with E-state index in [4.69, 9.17) is 0 Å². The van der Waals surface area contributed by atoms with E-state index in [1.165, 1.54) is 38.5 Å². The summed E-state index contributed by atoms with van der Waals surface area (Å²) in [5, 5.41) is 22.4. The standard InChI is InChI=1S/C21H35N3O2/c1-3-14-7-8-19-18(10-14)17(16-6-4-5-15(9-16)12-22)11-20(23-19)24(2)13-21(25)26/h14-20,23H,3-11,13H2,1-2H3,(H,25,26). The van der Waals surface area contributed by atoms with Crippen molar-refractivity contribution in [3.05, 3.63) is 0 Å². The number of hydrogen-bond acceptors (Lipinski definition) is 4. The van der Waals surface area contributed by atoms with Gasteiger partial charge in [-0.2, -0.15) is 5.26 Å². The molecule has 7 atom stereocenters. The number of carboxylic acid groups (broad SMARTS) is 1. The number of nitrogens with zero attached hydrogens (tertiary/aromatic N) is 2. The lowest BCUT2D eigenvalue weighted by molar-refractivity contribution is -0.139. The zero-order valence-corrected chi connectivity index (χ0v) is 16.4. The molecule has 2 saturated carbocycles. The molecule has 5 nitrogen and oxygen atoms in total. The lowest BCUT2D eigenvalue weighted by Gasteiger charge is -2.52. The predicted molar refractivity (Wildman–Crippen MR) is 101 cm³/mol. The Morgan fingerprint density at radius 3 is 2.69 bits per heavy atom. The molecule has 2 N–H and O–H groups in total. The predicted octanol–water partition coefficient (Wildman–Crippen LogP) is 3.46. The SMILES string of the molecule is CCC1CCC2NC(N(C)CC(=O)O)CC(C3CCCC(C#N)C3)C2C1. The van der Waals surface area contributed by atoms with Crippen LogP contribution < -0.4 is 5.32 Å². The van der Waals surface area contributed by atoms with Crippen LogP contribution in [0, 0.1) is 40.9 Å². The maximum atomic E-state index is 11.2. The Balaban J connectivity index is 1.76. The highest BCUT2D eigenvalue weighted by molar-refractivity contribution is 5.69. The molecule has 7 unspecified atom stereocenters. The van der Waals surface area contributed by atoms with Crippen LogP contribution in [0.3, 0.4) is 0 Å². The van der Waals surface area contributed by atoms with Crippen LogP contribution in [0.1, 0.15) is 64.7 Å². The first-order valence-corrected chi connectivity index (χ1v) is 10.6. The first kappa shape index (κ1) is 19.6. The topological polar surface area (TPSA) is 76.4 Å². The minimum atomic E-state index is -0.759. The molecule has 0 aromatic rings. The summed E-state index contributed by atoms with van der Waals surface area (Å²) in [7, 11) is 1.93. The Kier molecular flexibility index (Phi) is 6.58. The van der Waals surface area contributed by atoms with Crippen LogP contribution in [0.25, 0.3) is 0 Å². The Labute approximate surface area is 158 Å². The van der Waals surface area contributed by atoms with Gasteiger partial charge >= 0.3 is 5.97 Å². The summed E-state index contributed by atoms with van der Waals surface area (Å²) in [5.41, 5.74) is 0. The van der Waals surface area contributed by atoms with E-state index in [-0.39, 0.29) is 18.6 Å². The van der Waals surface area contributed by atoms with Crippen LogP contribution in [0.4, 0.5) is 0 Å². The summed E-state index contributed by atoms with van der Waals surface area (Å²) in [6, 6.07) is 3.04. The van der Waals surface area contributed by atoms with Crippen molar-refractivity contribution in [2.75, 3.05) is 13.6 Å². The molecule has 1 saturated heterocycles. The van der Waals surface area contributed by atoms with Gasteiger partial charge in [0.1, 0.15) is 0 Å². The molecule has 0 aromatic carbocycles. The Morgan fingerprint density at radius 1 is 1.19 bits per heavy atom. The van der Waals surface area contributed by atoms with Crippen LogP contribution in [0.15, 0.2) is 0 Å². The zero-order valence-electron chi connectivity index (χ0n) is 16.4. The number of carboxylic acids is 1. The number of fused-ring (bicyclic) bond motifs is 1. The second-order valence-corrected chi connectivity index (χ2v) is 9.00. The van der Waals surface area contributed by atoms with Crippen LogP contribution in [-0.2, 0) is 4.79 Å². The lowest BCUT2D eigenvalue weighted by atomic mass is 9.61. The fourth-order valence-electron chi connectivity index (χ4n) is 6.00. The smallest absolute Gasteiger partial charge is 0.317 e. The molecule has 1 aliphatic heterocycles. The van der Waals surface area contributed by atoms with Gasteiger partial charge in [-0.3, -0.25) is 15.0 Å². The molecule has 3 rings (SSSR count). The van der Waals surface area contributed by atoms with Crippen molar-refractivity contribution >= 4 is 5.97 Å². The molecule has 0 bridgehead atoms. The average Bonchev–Trinajstić information content (AvgIpc) is 2.66. The number of aliphatic carboxylic acids is 1. The second kappa shape index (κ2) is 8.71. The van der Waals surface area contributed by atoms with Gasteiger partial charge in [0, 0.05) is 12.0 Å². The highest BCUT2D eigenvalue weighted by Crippen LogP contribution is 2.47. The molecule has 0 radical (unpaired) electrons. The molecular weight excluding hydrogens is 326 g/mol. The molecule has 146 valence electrons. The Hall–Kier alpha value is -1.12. The van der Waals surface area contributed by atoms with Gasteiger partial charge in [0.25, 0.3) is 0 Å². The molecule has 1 heterocycles. The van der Waals surface area contributed by atoms with Gasteiger partial charge in [0.2, 0.25) is 0 Å². The van der Waals surface area contributed by atoms with Crippen molar-refractivity contribution < 1.29 is 9.90 Å². The molecule has 5 heteroatoms. The van der Waals surface area contributed by atoms with Gasteiger partial charge in [0.05, 0.1) is 18.8 Å². The summed E-state index contributed by atoms with van der Waals surface area (Å²) in [6.07, 6.45) is 10.8. The van der Waals surface area contributed by atoms with E-state index < -0.39 is 5.97 Å². The molecule has 2 aliphatic carbocycles. The van der Waals surface area contributed by atoms with Crippen molar-refractivity contribution in [1.29, 1.82) is 5.26 Å². The van der Waals surface area contributed by atoms with E-state index in [9.17, 15) is 15.2 Å². The lowest BCUT2D eigenvalue weighted by Crippen LogP contribution is -2.60. The third-order valence-corrected chi connectivity index (χ3v) is 7.46. The van der Waals surface area contributed by atoms with Crippen molar-refractivity contribution in [2.45, 2.75) is 76.9 Å². The molecule has 3 fully saturated rings. The molecule has 26 heavy (non-hydrogen) atoms. The van der Waals surface area contributed by atoms with Crippen molar-refractivity contribution in [1.82, 2.24) is 10.2 Å². The van der Waals surface area contributed by atoms with Crippen LogP contribution in [-0.4, -0.2) is 41.8 Å². The maximum absolute atomic E-state index is 11.2. The van der Waals surface area contributed by atoms with Gasteiger partial charge in [0.15, 0.2) is 0 Å². The van der Waals surface area contributed by atoms with Crippen LogP contribution >= 0.6 is 0 Å². The van der Waals surface area contributed by atoms with Crippen molar-refractivity contribution in [2.24, 2.45) is 29.6 Å². The normalized spacial score (nSPS) is 40.6. The van der Waals surface area contributed by atoms with E-state index in [2.05, 4.69) is 18.3 Å². The first-order valence-electron chi connectivity index (χ1n) is 10.6. The van der Waals surface area contributed by atoms with Gasteiger partial charge in [-0.25, -0.2) is 0 Å². The summed E-state index contributed by atoms with van der Waals surface area (Å²) in [6.45, 7) is 2.40. The number of rotatable bonds is 5. The number of likely N-dealkylation sites (N-methyl/N-ethyl adjacent to an activating group) is 1. The minimum absolute atomic E-state index is 0.0881. The molecule has 3 aliphatic rings. The first-order chi connectivity index (χ1) is 12.5. The van der Waals surface area contributed by atoms with Gasteiger partial charge < -0.3 is 5.11 Å². The summed E-state index contributed by atoms with van der Waals surface area (Å²) in [5.74, 6) is 2.27. The molecular formula is C21H35N3O2. The third kappa shape index (κ3) is 4.40. The van der Waals surface area contributed by atoms with Crippen molar-refractivity contribution in [3.8, 4) is 6.07 Å². The number of piperidine rings is 1. The second-order valence-electron chi connectivity index (χ2n) is 9.00. The molecule has 0 spiro atoms. The van der Waals surface area contributed by atoms with E-state index in [1.54, 1.807) is 0 Å². The van der Waals surface area contributed by atoms with E-state index in [0.29, 0.717) is 23.8 Å². The van der Waals surface area contributed by atoms with Crippen LogP contribution in [0.2, 0.25) is 0 Å². The summed E-state index contributed by atoms with van der Waals surface area (Å²) < 4.78 is 0. The number of hydrogen-bond donors (Lipinski definition) is 2. The Morgan fingerprint density at radius 2 is 2.00 bits per heavy atom. The number of carbonyl (C=O) groups is 1. The quantitative estimate of drug-likeness (QED) is 0.784. The Bertz CT molecular complexity index is 532.